The average Bonchev–Trinajstić information content (AvgIpc) is 3.25. The Hall–Kier alpha value is -1.78. The second-order valence-corrected chi connectivity index (χ2v) is 6.85. The van der Waals surface area contributed by atoms with Crippen LogP contribution in [0, 0.1) is 0 Å². The number of aromatic nitrogens is 2. The van der Waals surface area contributed by atoms with Crippen molar-refractivity contribution in [3.63, 3.8) is 0 Å². The smallest absolute Gasteiger partial charge is 0.353 e. The maximum absolute atomic E-state index is 12.3. The minimum absolute atomic E-state index is 0.219. The second kappa shape index (κ2) is 10.1. The normalized spacial score (nSPS) is 22.3. The highest BCUT2D eigenvalue weighted by molar-refractivity contribution is 5.72. The van der Waals surface area contributed by atoms with Crippen LogP contribution >= 0.6 is 0 Å². The van der Waals surface area contributed by atoms with Gasteiger partial charge in [-0.1, -0.05) is 13.3 Å². The Kier molecular flexibility index (Phi) is 7.57. The van der Waals surface area contributed by atoms with E-state index in [0.717, 1.165) is 19.4 Å². The Morgan fingerprint density at radius 2 is 2.07 bits per heavy atom. The number of fused-ring (bicyclic) bond motifs is 1. The van der Waals surface area contributed by atoms with Crippen molar-refractivity contribution >= 4 is 11.1 Å². The van der Waals surface area contributed by atoms with E-state index in [9.17, 15) is 15.0 Å². The van der Waals surface area contributed by atoms with Gasteiger partial charge < -0.3 is 28.8 Å². The molecule has 0 aliphatic carbocycles. The van der Waals surface area contributed by atoms with E-state index in [4.69, 9.17) is 18.6 Å². The molecule has 1 aliphatic rings. The first kappa shape index (κ1) is 20.9. The van der Waals surface area contributed by atoms with Crippen LogP contribution in [-0.4, -0.2) is 65.0 Å². The molecule has 0 radical (unpaired) electrons. The van der Waals surface area contributed by atoms with E-state index in [1.807, 2.05) is 6.07 Å². The van der Waals surface area contributed by atoms with E-state index >= 15 is 0 Å². The summed E-state index contributed by atoms with van der Waals surface area (Å²) >= 11 is 0. The zero-order chi connectivity index (χ0) is 19.9. The monoisotopic (exact) mass is 396 g/mol. The molecule has 3 heterocycles. The maximum Gasteiger partial charge on any atom is 0.353 e. The molecule has 2 aromatic rings. The van der Waals surface area contributed by atoms with E-state index in [2.05, 4.69) is 11.9 Å². The van der Waals surface area contributed by atoms with Crippen molar-refractivity contribution in [3.05, 3.63) is 28.5 Å². The molecule has 1 fully saturated rings. The second-order valence-electron chi connectivity index (χ2n) is 6.85. The minimum atomic E-state index is -0.819. The summed E-state index contributed by atoms with van der Waals surface area (Å²) in [6, 6.07) is 1.81. The van der Waals surface area contributed by atoms with Gasteiger partial charge in [0.25, 0.3) is 0 Å². The predicted octanol–water partition coefficient (Wildman–Crippen LogP) is 1.01. The van der Waals surface area contributed by atoms with Gasteiger partial charge in [0.2, 0.25) is 5.71 Å². The van der Waals surface area contributed by atoms with Crippen LogP contribution in [0.25, 0.3) is 11.1 Å². The predicted molar refractivity (Wildman–Crippen MR) is 100 cm³/mol. The fourth-order valence-electron chi connectivity index (χ4n) is 3.10. The zero-order valence-corrected chi connectivity index (χ0v) is 16.1. The third-order valence-corrected chi connectivity index (χ3v) is 4.69. The van der Waals surface area contributed by atoms with Crippen LogP contribution in [0.4, 0.5) is 0 Å². The first-order valence-corrected chi connectivity index (χ1v) is 9.73. The van der Waals surface area contributed by atoms with Crippen LogP contribution in [0.1, 0.15) is 38.2 Å². The molecule has 0 spiro atoms. The summed E-state index contributed by atoms with van der Waals surface area (Å²) in [5.74, 6) is 0.673. The van der Waals surface area contributed by atoms with Crippen molar-refractivity contribution in [1.82, 2.24) is 9.55 Å². The summed E-state index contributed by atoms with van der Waals surface area (Å²) in [6.45, 7) is 4.16. The summed E-state index contributed by atoms with van der Waals surface area (Å²) < 4.78 is 23.4. The first-order chi connectivity index (χ1) is 13.6. The molecule has 0 unspecified atom stereocenters. The molecule has 1 aliphatic heterocycles. The van der Waals surface area contributed by atoms with Crippen molar-refractivity contribution in [2.75, 3.05) is 33.0 Å². The molecule has 28 heavy (non-hydrogen) atoms. The van der Waals surface area contributed by atoms with Crippen LogP contribution in [0.2, 0.25) is 0 Å². The molecular formula is C19H28N2O7. The molecule has 0 aromatic carbocycles. The molecule has 2 aromatic heterocycles. The lowest BCUT2D eigenvalue weighted by atomic mass is 10.2. The molecule has 3 rings (SSSR count). The number of ether oxygens (including phenoxy) is 3. The molecule has 156 valence electrons. The molecule has 0 bridgehead atoms. The van der Waals surface area contributed by atoms with E-state index in [-0.39, 0.29) is 18.7 Å². The Bertz CT molecular complexity index is 803. The largest absolute Gasteiger partial charge is 0.442 e. The molecule has 0 amide bonds. The van der Waals surface area contributed by atoms with Gasteiger partial charge in [-0.15, -0.1) is 0 Å². The number of unbranched alkanes of at least 4 members (excludes halogenated alkanes) is 1. The fraction of sp³-hybridized carbons (Fsp3) is 0.684. The number of hydrogen-bond donors (Lipinski definition) is 2. The maximum atomic E-state index is 12.3. The SMILES string of the molecule is CCCCOCCOCCc1cc2cn([C@H]3C[C@H](O)[C@@H](CO)O3)c(=O)nc2o1. The third-order valence-electron chi connectivity index (χ3n) is 4.69. The number of rotatable bonds is 11. The van der Waals surface area contributed by atoms with Crippen molar-refractivity contribution in [1.29, 1.82) is 0 Å². The molecule has 0 saturated carbocycles. The lowest BCUT2D eigenvalue weighted by Gasteiger charge is -2.13. The topological polar surface area (TPSA) is 116 Å². The van der Waals surface area contributed by atoms with Gasteiger partial charge in [0, 0.05) is 25.6 Å². The zero-order valence-electron chi connectivity index (χ0n) is 16.1. The van der Waals surface area contributed by atoms with Gasteiger partial charge in [0.15, 0.2) is 0 Å². The van der Waals surface area contributed by atoms with Crippen LogP contribution in [-0.2, 0) is 20.6 Å². The highest BCUT2D eigenvalue weighted by Crippen LogP contribution is 2.28. The van der Waals surface area contributed by atoms with E-state index in [1.165, 1.54) is 4.57 Å². The summed E-state index contributed by atoms with van der Waals surface area (Å²) in [5.41, 5.74) is -0.263. The Morgan fingerprint density at radius 3 is 2.79 bits per heavy atom. The highest BCUT2D eigenvalue weighted by Gasteiger charge is 2.35. The fourth-order valence-corrected chi connectivity index (χ4v) is 3.10. The molecule has 9 nitrogen and oxygen atoms in total. The third kappa shape index (κ3) is 5.18. The summed E-state index contributed by atoms with van der Waals surface area (Å²) in [6.07, 6.45) is 2.38. The molecule has 2 N–H and O–H groups in total. The Balaban J connectivity index is 1.55. The number of hydrogen-bond acceptors (Lipinski definition) is 8. The lowest BCUT2D eigenvalue weighted by molar-refractivity contribution is -0.0457. The first-order valence-electron chi connectivity index (χ1n) is 9.73. The molecule has 1 saturated heterocycles. The lowest BCUT2D eigenvalue weighted by Crippen LogP contribution is -2.27. The van der Waals surface area contributed by atoms with Crippen LogP contribution in [0.5, 0.6) is 0 Å². The summed E-state index contributed by atoms with van der Waals surface area (Å²) in [7, 11) is 0. The number of aliphatic hydroxyl groups is 2. The average molecular weight is 396 g/mol. The van der Waals surface area contributed by atoms with Crippen LogP contribution in [0.15, 0.2) is 21.5 Å². The van der Waals surface area contributed by atoms with Gasteiger partial charge in [-0.3, -0.25) is 4.57 Å². The van der Waals surface area contributed by atoms with Crippen LogP contribution in [0.3, 0.4) is 0 Å². The van der Waals surface area contributed by atoms with Crippen LogP contribution < -0.4 is 5.69 Å². The molecule has 9 heteroatoms. The minimum Gasteiger partial charge on any atom is -0.442 e. The standard InChI is InChI=1S/C19H28N2O7/c1-2-3-5-25-7-8-26-6-4-14-9-13-11-21(19(24)20-18(13)27-14)17-10-15(23)16(12-22)28-17/h9,11,15-17,22-23H,2-8,10,12H2,1H3/t15-,16+,17+/m0/s1. The van der Waals surface area contributed by atoms with Gasteiger partial charge >= 0.3 is 5.69 Å². The van der Waals surface area contributed by atoms with Gasteiger partial charge in [0.1, 0.15) is 18.1 Å². The van der Waals surface area contributed by atoms with Crippen molar-refractivity contribution in [2.45, 2.75) is 51.0 Å². The summed E-state index contributed by atoms with van der Waals surface area (Å²) in [5, 5.41) is 19.7. The molecular weight excluding hydrogens is 368 g/mol. The summed E-state index contributed by atoms with van der Waals surface area (Å²) in [4.78, 5) is 16.2. The number of furan rings is 1. The number of nitrogens with zero attached hydrogens (tertiary/aromatic N) is 2. The van der Waals surface area contributed by atoms with E-state index in [0.29, 0.717) is 37.4 Å². The quantitative estimate of drug-likeness (QED) is 0.541. The van der Waals surface area contributed by atoms with Crippen molar-refractivity contribution < 1.29 is 28.8 Å². The van der Waals surface area contributed by atoms with Crippen molar-refractivity contribution in [3.8, 4) is 0 Å². The van der Waals surface area contributed by atoms with Gasteiger partial charge in [-0.2, -0.15) is 4.98 Å². The highest BCUT2D eigenvalue weighted by atomic mass is 16.5. The van der Waals surface area contributed by atoms with E-state index < -0.39 is 24.1 Å². The Morgan fingerprint density at radius 1 is 1.29 bits per heavy atom. The van der Waals surface area contributed by atoms with Gasteiger partial charge in [-0.25, -0.2) is 4.79 Å². The van der Waals surface area contributed by atoms with Gasteiger partial charge in [0.05, 0.1) is 37.9 Å². The number of aliphatic hydroxyl groups excluding tert-OH is 2. The van der Waals surface area contributed by atoms with E-state index in [1.54, 1.807) is 6.20 Å². The van der Waals surface area contributed by atoms with Crippen molar-refractivity contribution in [2.24, 2.45) is 0 Å². The molecule has 3 atom stereocenters. The Labute approximate surface area is 162 Å². The van der Waals surface area contributed by atoms with Gasteiger partial charge in [-0.05, 0) is 12.5 Å².